The van der Waals surface area contributed by atoms with Crippen molar-refractivity contribution in [2.45, 2.75) is 12.8 Å². The lowest BCUT2D eigenvalue weighted by Gasteiger charge is -2.34. The highest BCUT2D eigenvalue weighted by molar-refractivity contribution is 6.42. The first kappa shape index (κ1) is 13.9. The van der Waals surface area contributed by atoms with Gasteiger partial charge in [0.05, 0.1) is 10.0 Å². The number of nitrogens with zero attached hydrogens (tertiary/aromatic N) is 1. The fourth-order valence-corrected chi connectivity index (χ4v) is 2.90. The van der Waals surface area contributed by atoms with Gasteiger partial charge in [0.1, 0.15) is 6.29 Å². The molecule has 98 valence electrons. The number of halogens is 2. The zero-order valence-corrected chi connectivity index (χ0v) is 11.9. The van der Waals surface area contributed by atoms with Crippen molar-refractivity contribution in [1.29, 1.82) is 0 Å². The molecule has 0 aromatic heterocycles. The van der Waals surface area contributed by atoms with Crippen LogP contribution in [-0.2, 0) is 11.2 Å². The maximum Gasteiger partial charge on any atom is 0.124 e. The Morgan fingerprint density at radius 1 is 1.39 bits per heavy atom. The van der Waals surface area contributed by atoms with Crippen LogP contribution in [0.4, 0.5) is 0 Å². The predicted octanol–water partition coefficient (Wildman–Crippen LogP) is 3.30. The Kier molecular flexibility index (Phi) is 4.66. The highest BCUT2D eigenvalue weighted by atomic mass is 35.5. The number of hydrogen-bond acceptors (Lipinski definition) is 2. The lowest BCUT2D eigenvalue weighted by atomic mass is 9.82. The van der Waals surface area contributed by atoms with Crippen molar-refractivity contribution in [3.8, 4) is 0 Å². The van der Waals surface area contributed by atoms with Gasteiger partial charge in [-0.2, -0.15) is 0 Å². The van der Waals surface area contributed by atoms with Gasteiger partial charge in [-0.15, -0.1) is 0 Å². The quantitative estimate of drug-likeness (QED) is 0.795. The summed E-state index contributed by atoms with van der Waals surface area (Å²) in [6.07, 6.45) is 3.05. The van der Waals surface area contributed by atoms with Gasteiger partial charge in [-0.3, -0.25) is 0 Å². The van der Waals surface area contributed by atoms with Gasteiger partial charge in [-0.1, -0.05) is 29.3 Å². The number of benzene rings is 1. The first-order valence-corrected chi connectivity index (χ1v) is 6.93. The SMILES string of the molecule is CN1CCC(Cc2ccc(Cl)c(Cl)c2)[C@H](C=O)C1. The van der Waals surface area contributed by atoms with Crippen LogP contribution in [0, 0.1) is 11.8 Å². The van der Waals surface area contributed by atoms with Crippen LogP contribution in [-0.4, -0.2) is 31.3 Å². The fourth-order valence-electron chi connectivity index (χ4n) is 2.58. The van der Waals surface area contributed by atoms with E-state index >= 15 is 0 Å². The highest BCUT2D eigenvalue weighted by Gasteiger charge is 2.27. The highest BCUT2D eigenvalue weighted by Crippen LogP contribution is 2.28. The van der Waals surface area contributed by atoms with Crippen LogP contribution in [0.5, 0.6) is 0 Å². The third-order valence-electron chi connectivity index (χ3n) is 3.67. The van der Waals surface area contributed by atoms with E-state index in [1.54, 1.807) is 0 Å². The Morgan fingerprint density at radius 3 is 2.83 bits per heavy atom. The second-order valence-corrected chi connectivity index (χ2v) is 5.88. The number of piperidine rings is 1. The number of aldehydes is 1. The van der Waals surface area contributed by atoms with Gasteiger partial charge in [0, 0.05) is 12.5 Å². The largest absolute Gasteiger partial charge is 0.306 e. The van der Waals surface area contributed by atoms with E-state index in [4.69, 9.17) is 23.2 Å². The Labute approximate surface area is 118 Å². The summed E-state index contributed by atoms with van der Waals surface area (Å²) >= 11 is 11.9. The van der Waals surface area contributed by atoms with Gasteiger partial charge in [-0.05, 0) is 50.0 Å². The molecule has 2 nitrogen and oxygen atoms in total. The topological polar surface area (TPSA) is 20.3 Å². The van der Waals surface area contributed by atoms with Crippen LogP contribution >= 0.6 is 23.2 Å². The molecule has 0 amide bonds. The zero-order chi connectivity index (χ0) is 13.1. The molecule has 0 N–H and O–H groups in total. The third kappa shape index (κ3) is 3.25. The molecule has 1 saturated heterocycles. The molecule has 1 aliphatic rings. The molecule has 1 heterocycles. The molecule has 18 heavy (non-hydrogen) atoms. The maximum absolute atomic E-state index is 11.2. The molecule has 4 heteroatoms. The van der Waals surface area contributed by atoms with Crippen molar-refractivity contribution in [3.05, 3.63) is 33.8 Å². The second kappa shape index (κ2) is 6.05. The third-order valence-corrected chi connectivity index (χ3v) is 4.41. The molecular weight excluding hydrogens is 269 g/mol. The summed E-state index contributed by atoms with van der Waals surface area (Å²) in [5, 5.41) is 1.17. The first-order valence-electron chi connectivity index (χ1n) is 6.18. The summed E-state index contributed by atoms with van der Waals surface area (Å²) < 4.78 is 0. The summed E-state index contributed by atoms with van der Waals surface area (Å²) in [7, 11) is 2.06. The molecule has 2 atom stereocenters. The molecular formula is C14H17Cl2NO. The summed E-state index contributed by atoms with van der Waals surface area (Å²) in [4.78, 5) is 13.4. The van der Waals surface area contributed by atoms with Crippen LogP contribution in [0.15, 0.2) is 18.2 Å². The molecule has 1 aliphatic heterocycles. The van der Waals surface area contributed by atoms with E-state index in [1.165, 1.54) is 0 Å². The van der Waals surface area contributed by atoms with Crippen LogP contribution in [0.2, 0.25) is 10.0 Å². The van der Waals surface area contributed by atoms with E-state index in [2.05, 4.69) is 11.9 Å². The zero-order valence-electron chi connectivity index (χ0n) is 10.4. The van der Waals surface area contributed by atoms with E-state index in [0.29, 0.717) is 16.0 Å². The molecule has 2 rings (SSSR count). The normalized spacial score (nSPS) is 25.1. The van der Waals surface area contributed by atoms with Crippen LogP contribution in [0.25, 0.3) is 0 Å². The summed E-state index contributed by atoms with van der Waals surface area (Å²) in [6.45, 7) is 1.91. The lowest BCUT2D eigenvalue weighted by Crippen LogP contribution is -2.39. The van der Waals surface area contributed by atoms with Crippen LogP contribution in [0.3, 0.4) is 0 Å². The molecule has 0 bridgehead atoms. The van der Waals surface area contributed by atoms with Crippen LogP contribution < -0.4 is 0 Å². The number of hydrogen-bond donors (Lipinski definition) is 0. The second-order valence-electron chi connectivity index (χ2n) is 5.06. The lowest BCUT2D eigenvalue weighted by molar-refractivity contribution is -0.114. The van der Waals surface area contributed by atoms with Gasteiger partial charge in [0.2, 0.25) is 0 Å². The Hall–Kier alpha value is -0.570. The Balaban J connectivity index is 2.07. The van der Waals surface area contributed by atoms with Crippen molar-refractivity contribution in [3.63, 3.8) is 0 Å². The standard InChI is InChI=1S/C14H17Cl2NO/c1-17-5-4-11(12(8-17)9-18)6-10-2-3-13(15)14(16)7-10/h2-3,7,9,11-12H,4-6,8H2,1H3/t11?,12-/m0/s1. The average molecular weight is 286 g/mol. The first-order chi connectivity index (χ1) is 8.60. The van der Waals surface area contributed by atoms with E-state index in [-0.39, 0.29) is 5.92 Å². The molecule has 0 saturated carbocycles. The smallest absolute Gasteiger partial charge is 0.124 e. The van der Waals surface area contributed by atoms with Crippen molar-refractivity contribution in [2.75, 3.05) is 20.1 Å². The number of likely N-dealkylation sites (tertiary alicyclic amines) is 1. The molecule has 0 aliphatic carbocycles. The Bertz CT molecular complexity index is 436. The van der Waals surface area contributed by atoms with Crippen molar-refractivity contribution >= 4 is 29.5 Å². The fraction of sp³-hybridized carbons (Fsp3) is 0.500. The monoisotopic (exact) mass is 285 g/mol. The minimum atomic E-state index is 0.123. The van der Waals surface area contributed by atoms with Crippen molar-refractivity contribution in [1.82, 2.24) is 4.90 Å². The Morgan fingerprint density at radius 2 is 2.17 bits per heavy atom. The molecule has 1 unspecified atom stereocenters. The average Bonchev–Trinajstić information content (AvgIpc) is 2.36. The van der Waals surface area contributed by atoms with E-state index in [9.17, 15) is 4.79 Å². The van der Waals surface area contributed by atoms with Crippen molar-refractivity contribution in [2.24, 2.45) is 11.8 Å². The molecule has 0 radical (unpaired) electrons. The van der Waals surface area contributed by atoms with E-state index in [0.717, 1.165) is 37.8 Å². The van der Waals surface area contributed by atoms with E-state index < -0.39 is 0 Å². The van der Waals surface area contributed by atoms with Gasteiger partial charge >= 0.3 is 0 Å². The number of rotatable bonds is 3. The van der Waals surface area contributed by atoms with E-state index in [1.807, 2.05) is 18.2 Å². The van der Waals surface area contributed by atoms with Gasteiger partial charge in [0.25, 0.3) is 0 Å². The molecule has 1 fully saturated rings. The minimum absolute atomic E-state index is 0.123. The van der Waals surface area contributed by atoms with Crippen molar-refractivity contribution < 1.29 is 4.79 Å². The predicted molar refractivity (Wildman–Crippen MR) is 75.3 cm³/mol. The maximum atomic E-state index is 11.2. The molecule has 0 spiro atoms. The summed E-state index contributed by atoms with van der Waals surface area (Å²) in [6, 6.07) is 5.72. The number of carbonyl (C=O) groups is 1. The van der Waals surface area contributed by atoms with Gasteiger partial charge in [0.15, 0.2) is 0 Å². The molecule has 1 aromatic carbocycles. The minimum Gasteiger partial charge on any atom is -0.306 e. The number of carbonyl (C=O) groups excluding carboxylic acids is 1. The van der Waals surface area contributed by atoms with Gasteiger partial charge < -0.3 is 9.69 Å². The van der Waals surface area contributed by atoms with Crippen LogP contribution in [0.1, 0.15) is 12.0 Å². The summed E-state index contributed by atoms with van der Waals surface area (Å²) in [5.41, 5.74) is 1.16. The van der Waals surface area contributed by atoms with Gasteiger partial charge in [-0.25, -0.2) is 0 Å². The summed E-state index contributed by atoms with van der Waals surface area (Å²) in [5.74, 6) is 0.536. The molecule has 1 aromatic rings.